The summed E-state index contributed by atoms with van der Waals surface area (Å²) < 4.78 is 1.93. The molecule has 0 saturated heterocycles. The maximum atomic E-state index is 12.7. The molecule has 1 aromatic carbocycles. The van der Waals surface area contributed by atoms with E-state index in [9.17, 15) is 9.59 Å². The predicted molar refractivity (Wildman–Crippen MR) is 88.8 cm³/mol. The minimum absolute atomic E-state index is 0.0459. The van der Waals surface area contributed by atoms with E-state index in [1.54, 1.807) is 11.0 Å². The molecule has 23 heavy (non-hydrogen) atoms. The van der Waals surface area contributed by atoms with Gasteiger partial charge in [0, 0.05) is 36.7 Å². The molecule has 0 unspecified atom stereocenters. The van der Waals surface area contributed by atoms with Crippen LogP contribution in [-0.2, 0) is 4.79 Å². The summed E-state index contributed by atoms with van der Waals surface area (Å²) in [6, 6.07) is 11.2. The Morgan fingerprint density at radius 1 is 1.17 bits per heavy atom. The molecule has 1 aromatic heterocycles. The SMILES string of the molecule is CC(C)CN(CCC(=O)O)C(=O)c1cccc(-n2cccc2)c1. The van der Waals surface area contributed by atoms with Crippen LogP contribution in [0.25, 0.3) is 5.69 Å². The highest BCUT2D eigenvalue weighted by Gasteiger charge is 2.18. The number of carboxylic acids is 1. The van der Waals surface area contributed by atoms with E-state index < -0.39 is 5.97 Å². The second kappa shape index (κ2) is 7.63. The Labute approximate surface area is 136 Å². The minimum Gasteiger partial charge on any atom is -0.481 e. The van der Waals surface area contributed by atoms with Crippen LogP contribution in [0.1, 0.15) is 30.6 Å². The third-order valence-corrected chi connectivity index (χ3v) is 3.46. The van der Waals surface area contributed by atoms with Gasteiger partial charge >= 0.3 is 5.97 Å². The van der Waals surface area contributed by atoms with Gasteiger partial charge in [0.05, 0.1) is 6.42 Å². The van der Waals surface area contributed by atoms with Crippen LogP contribution >= 0.6 is 0 Å². The number of amides is 1. The summed E-state index contributed by atoms with van der Waals surface area (Å²) in [7, 11) is 0. The van der Waals surface area contributed by atoms with Crippen molar-refractivity contribution < 1.29 is 14.7 Å². The number of benzene rings is 1. The van der Waals surface area contributed by atoms with Crippen LogP contribution in [0.15, 0.2) is 48.8 Å². The number of rotatable bonds is 7. The van der Waals surface area contributed by atoms with Crippen molar-refractivity contribution in [3.8, 4) is 5.69 Å². The molecule has 1 N–H and O–H groups in total. The van der Waals surface area contributed by atoms with E-state index in [0.717, 1.165) is 5.69 Å². The maximum absolute atomic E-state index is 12.7. The van der Waals surface area contributed by atoms with Crippen LogP contribution in [0.5, 0.6) is 0 Å². The summed E-state index contributed by atoms with van der Waals surface area (Å²) in [5.74, 6) is -0.748. The molecule has 5 nitrogen and oxygen atoms in total. The molecule has 0 bridgehead atoms. The summed E-state index contributed by atoms with van der Waals surface area (Å²) in [4.78, 5) is 25.2. The Morgan fingerprint density at radius 2 is 1.87 bits per heavy atom. The molecule has 2 rings (SSSR count). The van der Waals surface area contributed by atoms with Crippen molar-refractivity contribution in [2.45, 2.75) is 20.3 Å². The van der Waals surface area contributed by atoms with E-state index >= 15 is 0 Å². The number of hydrogen-bond donors (Lipinski definition) is 1. The molecule has 0 fully saturated rings. The third-order valence-electron chi connectivity index (χ3n) is 3.46. The van der Waals surface area contributed by atoms with E-state index in [-0.39, 0.29) is 24.8 Å². The van der Waals surface area contributed by atoms with Crippen molar-refractivity contribution in [2.75, 3.05) is 13.1 Å². The van der Waals surface area contributed by atoms with Crippen molar-refractivity contribution in [3.05, 3.63) is 54.4 Å². The van der Waals surface area contributed by atoms with Gasteiger partial charge in [-0.25, -0.2) is 0 Å². The Hall–Kier alpha value is -2.56. The smallest absolute Gasteiger partial charge is 0.305 e. The molecular weight excluding hydrogens is 292 g/mol. The first-order chi connectivity index (χ1) is 11.0. The van der Waals surface area contributed by atoms with Crippen LogP contribution in [0.4, 0.5) is 0 Å². The molecule has 1 amide bonds. The fourth-order valence-corrected chi connectivity index (χ4v) is 2.44. The quantitative estimate of drug-likeness (QED) is 0.854. The lowest BCUT2D eigenvalue weighted by Gasteiger charge is -2.24. The summed E-state index contributed by atoms with van der Waals surface area (Å²) >= 11 is 0. The lowest BCUT2D eigenvalue weighted by Crippen LogP contribution is -2.36. The molecule has 5 heteroatoms. The summed E-state index contributed by atoms with van der Waals surface area (Å²) in [6.07, 6.45) is 3.79. The molecule has 0 radical (unpaired) electrons. The molecule has 2 aromatic rings. The first kappa shape index (κ1) is 16.8. The van der Waals surface area contributed by atoms with Gasteiger partial charge in [0.1, 0.15) is 0 Å². The highest BCUT2D eigenvalue weighted by molar-refractivity contribution is 5.95. The number of carbonyl (C=O) groups excluding carboxylic acids is 1. The molecule has 122 valence electrons. The lowest BCUT2D eigenvalue weighted by atomic mass is 10.1. The number of nitrogens with zero attached hydrogens (tertiary/aromatic N) is 2. The van der Waals surface area contributed by atoms with Gasteiger partial charge in [-0.15, -0.1) is 0 Å². The van der Waals surface area contributed by atoms with E-state index in [2.05, 4.69) is 0 Å². The van der Waals surface area contributed by atoms with Crippen molar-refractivity contribution in [1.82, 2.24) is 9.47 Å². The van der Waals surface area contributed by atoms with Crippen LogP contribution < -0.4 is 0 Å². The van der Waals surface area contributed by atoms with Gasteiger partial charge in [-0.2, -0.15) is 0 Å². The van der Waals surface area contributed by atoms with Crippen LogP contribution in [-0.4, -0.2) is 39.5 Å². The molecule has 0 saturated carbocycles. The Bertz CT molecular complexity index is 663. The zero-order chi connectivity index (χ0) is 16.8. The standard InChI is InChI=1S/C18H22N2O3/c1-14(2)13-20(11-8-17(21)22)18(23)15-6-5-7-16(12-15)19-9-3-4-10-19/h3-7,9-10,12,14H,8,11,13H2,1-2H3,(H,21,22). The molecule has 0 aliphatic heterocycles. The molecule has 0 atom stereocenters. The average molecular weight is 314 g/mol. The van der Waals surface area contributed by atoms with Crippen molar-refractivity contribution in [2.24, 2.45) is 5.92 Å². The zero-order valence-corrected chi connectivity index (χ0v) is 13.5. The fourth-order valence-electron chi connectivity index (χ4n) is 2.44. The predicted octanol–water partition coefficient (Wildman–Crippen LogP) is 3.05. The van der Waals surface area contributed by atoms with Crippen molar-refractivity contribution >= 4 is 11.9 Å². The summed E-state index contributed by atoms with van der Waals surface area (Å²) in [5, 5.41) is 8.88. The molecular formula is C18H22N2O3. The topological polar surface area (TPSA) is 62.5 Å². The van der Waals surface area contributed by atoms with E-state index in [0.29, 0.717) is 12.1 Å². The minimum atomic E-state index is -0.896. The molecule has 0 spiro atoms. The monoisotopic (exact) mass is 314 g/mol. The molecule has 0 aliphatic carbocycles. The third kappa shape index (κ3) is 4.71. The zero-order valence-electron chi connectivity index (χ0n) is 13.5. The Balaban J connectivity index is 2.21. The summed E-state index contributed by atoms with van der Waals surface area (Å²) in [6.45, 7) is 4.79. The normalized spacial score (nSPS) is 10.7. The van der Waals surface area contributed by atoms with Crippen LogP contribution in [0.3, 0.4) is 0 Å². The van der Waals surface area contributed by atoms with Gasteiger partial charge in [-0.1, -0.05) is 19.9 Å². The number of carbonyl (C=O) groups is 2. The first-order valence-electron chi connectivity index (χ1n) is 7.72. The van der Waals surface area contributed by atoms with Gasteiger partial charge in [0.2, 0.25) is 0 Å². The Kier molecular flexibility index (Phi) is 5.57. The fraction of sp³-hybridized carbons (Fsp3) is 0.333. The number of aliphatic carboxylic acids is 1. The largest absolute Gasteiger partial charge is 0.481 e. The van der Waals surface area contributed by atoms with Gasteiger partial charge in [-0.05, 0) is 36.2 Å². The lowest BCUT2D eigenvalue weighted by molar-refractivity contribution is -0.137. The summed E-state index contributed by atoms with van der Waals surface area (Å²) in [5.41, 5.74) is 1.48. The van der Waals surface area contributed by atoms with Crippen LogP contribution in [0, 0.1) is 5.92 Å². The second-order valence-electron chi connectivity index (χ2n) is 5.93. The van der Waals surface area contributed by atoms with E-state index in [1.165, 1.54) is 0 Å². The highest BCUT2D eigenvalue weighted by atomic mass is 16.4. The number of aromatic nitrogens is 1. The van der Waals surface area contributed by atoms with Crippen LogP contribution in [0.2, 0.25) is 0 Å². The first-order valence-corrected chi connectivity index (χ1v) is 7.72. The second-order valence-corrected chi connectivity index (χ2v) is 5.93. The van der Waals surface area contributed by atoms with Gasteiger partial charge in [-0.3, -0.25) is 9.59 Å². The van der Waals surface area contributed by atoms with E-state index in [1.807, 2.05) is 61.1 Å². The number of carboxylic acid groups (broad SMARTS) is 1. The molecule has 0 aliphatic rings. The maximum Gasteiger partial charge on any atom is 0.305 e. The molecule has 1 heterocycles. The number of hydrogen-bond acceptors (Lipinski definition) is 2. The van der Waals surface area contributed by atoms with E-state index in [4.69, 9.17) is 5.11 Å². The van der Waals surface area contributed by atoms with Gasteiger partial charge in [0.25, 0.3) is 5.91 Å². The van der Waals surface area contributed by atoms with Gasteiger partial charge in [0.15, 0.2) is 0 Å². The van der Waals surface area contributed by atoms with Crippen molar-refractivity contribution in [3.63, 3.8) is 0 Å². The average Bonchev–Trinajstić information content (AvgIpc) is 3.05. The van der Waals surface area contributed by atoms with Gasteiger partial charge < -0.3 is 14.6 Å². The van der Waals surface area contributed by atoms with Crippen molar-refractivity contribution in [1.29, 1.82) is 0 Å². The Morgan fingerprint density at radius 3 is 2.48 bits per heavy atom. The highest BCUT2D eigenvalue weighted by Crippen LogP contribution is 2.14.